The van der Waals surface area contributed by atoms with E-state index < -0.39 is 0 Å². The Morgan fingerprint density at radius 2 is 2.20 bits per heavy atom. The SMILES string of the molecule is CC1=CCC(C2(C#N)CCOCC2)C=C1. The molecular weight excluding hydrogens is 186 g/mol. The van der Waals surface area contributed by atoms with E-state index in [1.54, 1.807) is 0 Å². The Balaban J connectivity index is 2.14. The zero-order chi connectivity index (χ0) is 10.7. The molecule has 0 aromatic carbocycles. The maximum Gasteiger partial charge on any atom is 0.0697 e. The maximum absolute atomic E-state index is 9.40. The molecule has 1 fully saturated rings. The lowest BCUT2D eigenvalue weighted by atomic mass is 9.68. The van der Waals surface area contributed by atoms with E-state index in [1.165, 1.54) is 5.57 Å². The van der Waals surface area contributed by atoms with Crippen LogP contribution >= 0.6 is 0 Å². The van der Waals surface area contributed by atoms with Gasteiger partial charge in [0.2, 0.25) is 0 Å². The van der Waals surface area contributed by atoms with Crippen LogP contribution in [0.4, 0.5) is 0 Å². The van der Waals surface area contributed by atoms with Crippen molar-refractivity contribution < 1.29 is 4.74 Å². The minimum Gasteiger partial charge on any atom is -0.381 e. The van der Waals surface area contributed by atoms with Crippen LogP contribution in [0.15, 0.2) is 23.8 Å². The molecule has 0 spiro atoms. The van der Waals surface area contributed by atoms with E-state index in [0.29, 0.717) is 5.92 Å². The van der Waals surface area contributed by atoms with Gasteiger partial charge in [-0.05, 0) is 32.1 Å². The molecule has 2 heteroatoms. The highest BCUT2D eigenvalue weighted by Crippen LogP contribution is 2.41. The zero-order valence-corrected chi connectivity index (χ0v) is 9.20. The van der Waals surface area contributed by atoms with Crippen molar-refractivity contribution in [3.8, 4) is 6.07 Å². The molecule has 1 saturated heterocycles. The molecule has 0 aromatic rings. The second-order valence-corrected chi connectivity index (χ2v) is 4.53. The minimum absolute atomic E-state index is 0.175. The Hall–Kier alpha value is -1.07. The highest BCUT2D eigenvalue weighted by Gasteiger charge is 2.39. The average molecular weight is 203 g/mol. The van der Waals surface area contributed by atoms with Gasteiger partial charge in [0, 0.05) is 13.2 Å². The number of allylic oxidation sites excluding steroid dienone is 4. The molecule has 0 bridgehead atoms. The molecule has 0 saturated carbocycles. The van der Waals surface area contributed by atoms with Crippen molar-refractivity contribution in [2.45, 2.75) is 26.2 Å². The fraction of sp³-hybridized carbons (Fsp3) is 0.615. The predicted octanol–water partition coefficient (Wildman–Crippen LogP) is 2.83. The molecule has 80 valence electrons. The Morgan fingerprint density at radius 1 is 1.47 bits per heavy atom. The Bertz CT molecular complexity index is 329. The van der Waals surface area contributed by atoms with Gasteiger partial charge in [-0.2, -0.15) is 5.26 Å². The molecule has 1 unspecified atom stereocenters. The molecule has 0 N–H and O–H groups in total. The summed E-state index contributed by atoms with van der Waals surface area (Å²) in [6, 6.07) is 2.54. The minimum atomic E-state index is -0.175. The number of hydrogen-bond donors (Lipinski definition) is 0. The third-order valence-corrected chi connectivity index (χ3v) is 3.60. The smallest absolute Gasteiger partial charge is 0.0697 e. The van der Waals surface area contributed by atoms with E-state index in [4.69, 9.17) is 4.74 Å². The molecule has 15 heavy (non-hydrogen) atoms. The second-order valence-electron chi connectivity index (χ2n) is 4.53. The number of ether oxygens (including phenoxy) is 1. The zero-order valence-electron chi connectivity index (χ0n) is 9.20. The molecule has 1 aliphatic carbocycles. The summed E-state index contributed by atoms with van der Waals surface area (Å²) in [5.41, 5.74) is 1.14. The third-order valence-electron chi connectivity index (χ3n) is 3.60. The van der Waals surface area contributed by atoms with Crippen LogP contribution in [0.1, 0.15) is 26.2 Å². The second kappa shape index (κ2) is 4.20. The summed E-state index contributed by atoms with van der Waals surface area (Å²) >= 11 is 0. The first-order chi connectivity index (χ1) is 7.27. The van der Waals surface area contributed by atoms with Crippen molar-refractivity contribution in [1.29, 1.82) is 5.26 Å². The van der Waals surface area contributed by atoms with Gasteiger partial charge in [-0.1, -0.05) is 23.8 Å². The lowest BCUT2D eigenvalue weighted by Gasteiger charge is -2.37. The first-order valence-electron chi connectivity index (χ1n) is 5.61. The van der Waals surface area contributed by atoms with Crippen LogP contribution in [0.2, 0.25) is 0 Å². The van der Waals surface area contributed by atoms with Crippen molar-refractivity contribution >= 4 is 0 Å². The summed E-state index contributed by atoms with van der Waals surface area (Å²) in [6.07, 6.45) is 9.36. The van der Waals surface area contributed by atoms with Crippen LogP contribution in [-0.2, 0) is 4.74 Å². The monoisotopic (exact) mass is 203 g/mol. The molecular formula is C13H17NO. The number of nitrogens with zero attached hydrogens (tertiary/aromatic N) is 1. The van der Waals surface area contributed by atoms with E-state index in [1.807, 2.05) is 0 Å². The maximum atomic E-state index is 9.40. The van der Waals surface area contributed by atoms with Gasteiger partial charge in [0.15, 0.2) is 0 Å². The van der Waals surface area contributed by atoms with E-state index >= 15 is 0 Å². The van der Waals surface area contributed by atoms with E-state index in [0.717, 1.165) is 32.5 Å². The highest BCUT2D eigenvalue weighted by atomic mass is 16.5. The van der Waals surface area contributed by atoms with Crippen molar-refractivity contribution in [2.75, 3.05) is 13.2 Å². The number of nitriles is 1. The summed E-state index contributed by atoms with van der Waals surface area (Å²) in [4.78, 5) is 0. The summed E-state index contributed by atoms with van der Waals surface area (Å²) < 4.78 is 5.35. The van der Waals surface area contributed by atoms with Crippen LogP contribution < -0.4 is 0 Å². The molecule has 0 radical (unpaired) electrons. The Morgan fingerprint density at radius 3 is 2.73 bits per heavy atom. The summed E-state index contributed by atoms with van der Waals surface area (Å²) in [5, 5.41) is 9.40. The van der Waals surface area contributed by atoms with Crippen molar-refractivity contribution in [3.05, 3.63) is 23.8 Å². The van der Waals surface area contributed by atoms with Gasteiger partial charge in [-0.15, -0.1) is 0 Å². The van der Waals surface area contributed by atoms with Gasteiger partial charge < -0.3 is 4.74 Å². The van der Waals surface area contributed by atoms with E-state index in [9.17, 15) is 5.26 Å². The van der Waals surface area contributed by atoms with Gasteiger partial charge in [0.05, 0.1) is 11.5 Å². The van der Waals surface area contributed by atoms with Crippen LogP contribution in [-0.4, -0.2) is 13.2 Å². The Kier molecular flexibility index (Phi) is 2.93. The average Bonchev–Trinajstić information content (AvgIpc) is 2.31. The van der Waals surface area contributed by atoms with Crippen LogP contribution in [0, 0.1) is 22.7 Å². The topological polar surface area (TPSA) is 33.0 Å². The quantitative estimate of drug-likeness (QED) is 0.656. The van der Waals surface area contributed by atoms with Crippen LogP contribution in [0.25, 0.3) is 0 Å². The van der Waals surface area contributed by atoms with Gasteiger partial charge in [0.1, 0.15) is 0 Å². The summed E-state index contributed by atoms with van der Waals surface area (Å²) in [7, 11) is 0. The normalized spacial score (nSPS) is 29.3. The third kappa shape index (κ3) is 1.98. The van der Waals surface area contributed by atoms with Crippen molar-refractivity contribution in [2.24, 2.45) is 11.3 Å². The first kappa shape index (κ1) is 10.4. The largest absolute Gasteiger partial charge is 0.381 e. The first-order valence-corrected chi connectivity index (χ1v) is 5.61. The van der Waals surface area contributed by atoms with Gasteiger partial charge in [-0.3, -0.25) is 0 Å². The molecule has 2 nitrogen and oxygen atoms in total. The molecule has 1 atom stereocenters. The van der Waals surface area contributed by atoms with E-state index in [2.05, 4.69) is 31.2 Å². The molecule has 1 heterocycles. The fourth-order valence-corrected chi connectivity index (χ4v) is 2.44. The fourth-order valence-electron chi connectivity index (χ4n) is 2.44. The van der Waals surface area contributed by atoms with Gasteiger partial charge in [0.25, 0.3) is 0 Å². The molecule has 2 rings (SSSR count). The highest BCUT2D eigenvalue weighted by molar-refractivity contribution is 5.25. The van der Waals surface area contributed by atoms with Crippen LogP contribution in [0.3, 0.4) is 0 Å². The van der Waals surface area contributed by atoms with Crippen molar-refractivity contribution in [3.63, 3.8) is 0 Å². The van der Waals surface area contributed by atoms with Gasteiger partial charge in [-0.25, -0.2) is 0 Å². The summed E-state index contributed by atoms with van der Waals surface area (Å²) in [6.45, 7) is 3.58. The standard InChI is InChI=1S/C13H17NO/c1-11-2-4-12(5-3-11)13(10-14)6-8-15-9-7-13/h2-4,12H,5-9H2,1H3. The number of hydrogen-bond acceptors (Lipinski definition) is 2. The lowest BCUT2D eigenvalue weighted by molar-refractivity contribution is 0.0228. The molecule has 2 aliphatic rings. The van der Waals surface area contributed by atoms with Crippen molar-refractivity contribution in [1.82, 2.24) is 0 Å². The predicted molar refractivity (Wildman–Crippen MR) is 59.1 cm³/mol. The molecule has 0 amide bonds. The van der Waals surface area contributed by atoms with Crippen LogP contribution in [0.5, 0.6) is 0 Å². The Labute approximate surface area is 91.2 Å². The van der Waals surface area contributed by atoms with Gasteiger partial charge >= 0.3 is 0 Å². The number of rotatable bonds is 1. The lowest BCUT2D eigenvalue weighted by Crippen LogP contribution is -2.35. The van der Waals surface area contributed by atoms with E-state index in [-0.39, 0.29) is 5.41 Å². The molecule has 0 aromatic heterocycles. The summed E-state index contributed by atoms with van der Waals surface area (Å²) in [5.74, 6) is 0.384. The molecule has 1 aliphatic heterocycles.